The molecule has 296 valence electrons. The number of nitrogens with two attached hydrogens (primary N) is 1. The summed E-state index contributed by atoms with van der Waals surface area (Å²) in [5.41, 5.74) is 5.61. The van der Waals surface area contributed by atoms with Crippen LogP contribution in [0.3, 0.4) is 0 Å². The average molecular weight is 742 g/mol. The Kier molecular flexibility index (Phi) is 18.7. The Morgan fingerprint density at radius 3 is 1.87 bits per heavy atom. The number of carboxylic acid groups (broad SMARTS) is 2. The Balaban J connectivity index is 3.24. The number of hydrogen-bond donors (Lipinski definition) is 9. The molecule has 9 atom stereocenters. The average Bonchev–Trinajstić information content (AvgIpc) is 3.55. The third-order valence-electron chi connectivity index (χ3n) is 9.04. The van der Waals surface area contributed by atoms with Crippen molar-refractivity contribution in [2.45, 2.75) is 142 Å². The second kappa shape index (κ2) is 21.3. The molecule has 0 aliphatic carbocycles. The largest absolute Gasteiger partial charge is 0.481 e. The normalized spacial score (nSPS) is 18.9. The van der Waals surface area contributed by atoms with E-state index in [1.807, 2.05) is 20.8 Å². The second-order valence-corrected chi connectivity index (χ2v) is 14.3. The minimum Gasteiger partial charge on any atom is -0.481 e. The standard InChI is InChI=1S/C34H59N7O11/c1-9-18(6)27(32(49)39-26(17(4)5)34(51)52)40-30(47)23-11-10-14-41(23)33(50)22(15-16(2)3)38-29(46)21(12-13-24(43)44)37-28(45)19(7)36-31(48)25(35)20(8)42/h16-23,25-27,42H,9-15,35H2,1-8H3,(H,36,48)(H,37,45)(H,38,46)(H,39,49)(H,40,47)(H,43,44)(H,51,52)/t18-,19-,20+,21-,22-,23-,25-,26-,27-/m0/s1. The molecule has 1 heterocycles. The fourth-order valence-electron chi connectivity index (χ4n) is 5.60. The summed E-state index contributed by atoms with van der Waals surface area (Å²) in [6.07, 6.45) is -0.757. The molecule has 0 aromatic heterocycles. The number of nitrogens with one attached hydrogen (secondary N) is 5. The topological polar surface area (TPSA) is 287 Å². The van der Waals surface area contributed by atoms with Crippen molar-refractivity contribution in [2.24, 2.45) is 23.5 Å². The first kappa shape index (κ1) is 45.7. The van der Waals surface area contributed by atoms with E-state index in [2.05, 4.69) is 26.6 Å². The SMILES string of the molecule is CC[C@H](C)[C@H](NC(=O)[C@@H]1CCCN1C(=O)[C@H](CC(C)C)NC(=O)[C@H](CCC(=O)O)NC(=O)[C@H](C)NC(=O)[C@@H](N)[C@@H](C)O)C(=O)N[C@H](C(=O)O)C(C)C. The van der Waals surface area contributed by atoms with E-state index in [0.717, 1.165) is 0 Å². The van der Waals surface area contributed by atoms with Crippen LogP contribution in [0.25, 0.3) is 0 Å². The fraction of sp³-hybridized carbons (Fsp3) is 0.765. The number of amides is 6. The van der Waals surface area contributed by atoms with Crippen molar-refractivity contribution in [3.8, 4) is 0 Å². The van der Waals surface area contributed by atoms with E-state index in [1.54, 1.807) is 20.8 Å². The number of aliphatic hydroxyl groups excluding tert-OH is 1. The van der Waals surface area contributed by atoms with Gasteiger partial charge >= 0.3 is 11.9 Å². The van der Waals surface area contributed by atoms with E-state index in [0.29, 0.717) is 12.8 Å². The van der Waals surface area contributed by atoms with Gasteiger partial charge in [-0.1, -0.05) is 48.0 Å². The molecule has 6 amide bonds. The van der Waals surface area contributed by atoms with E-state index in [1.165, 1.54) is 18.7 Å². The molecule has 1 aliphatic rings. The van der Waals surface area contributed by atoms with Gasteiger partial charge in [0.2, 0.25) is 35.4 Å². The predicted octanol–water partition coefficient (Wildman–Crippen LogP) is -1.17. The zero-order valence-corrected chi connectivity index (χ0v) is 31.4. The van der Waals surface area contributed by atoms with Gasteiger partial charge in [0.05, 0.1) is 6.10 Å². The number of nitrogens with zero attached hydrogens (tertiary/aromatic N) is 1. The van der Waals surface area contributed by atoms with Crippen molar-refractivity contribution in [1.82, 2.24) is 31.5 Å². The molecule has 0 unspecified atom stereocenters. The molecule has 0 spiro atoms. The van der Waals surface area contributed by atoms with Crippen LogP contribution in [0.2, 0.25) is 0 Å². The molecule has 1 fully saturated rings. The number of hydrogen-bond acceptors (Lipinski definition) is 10. The number of carboxylic acids is 2. The number of aliphatic hydroxyl groups is 1. The molecule has 18 nitrogen and oxygen atoms in total. The summed E-state index contributed by atoms with van der Waals surface area (Å²) in [7, 11) is 0. The minimum absolute atomic E-state index is 0.127. The van der Waals surface area contributed by atoms with Crippen LogP contribution >= 0.6 is 0 Å². The van der Waals surface area contributed by atoms with Gasteiger partial charge < -0.3 is 52.5 Å². The first-order valence-corrected chi connectivity index (χ1v) is 17.8. The molecule has 1 rings (SSSR count). The molecule has 0 aromatic carbocycles. The number of rotatable bonds is 21. The quantitative estimate of drug-likeness (QED) is 0.0673. The van der Waals surface area contributed by atoms with Gasteiger partial charge in [0, 0.05) is 13.0 Å². The van der Waals surface area contributed by atoms with Gasteiger partial charge in [0.1, 0.15) is 42.3 Å². The predicted molar refractivity (Wildman–Crippen MR) is 188 cm³/mol. The van der Waals surface area contributed by atoms with Gasteiger partial charge in [-0.3, -0.25) is 33.6 Å². The fourth-order valence-corrected chi connectivity index (χ4v) is 5.60. The van der Waals surface area contributed by atoms with Crippen molar-refractivity contribution in [1.29, 1.82) is 0 Å². The monoisotopic (exact) mass is 741 g/mol. The lowest BCUT2D eigenvalue weighted by Crippen LogP contribution is -2.60. The summed E-state index contributed by atoms with van der Waals surface area (Å²) in [4.78, 5) is 104. The molecule has 0 saturated carbocycles. The molecular formula is C34H59N7O11. The van der Waals surface area contributed by atoms with Crippen LogP contribution in [0, 0.1) is 17.8 Å². The van der Waals surface area contributed by atoms with Crippen LogP contribution in [0.5, 0.6) is 0 Å². The Bertz CT molecular complexity index is 1290. The number of aliphatic carboxylic acids is 2. The molecule has 10 N–H and O–H groups in total. The van der Waals surface area contributed by atoms with Gasteiger partial charge in [-0.2, -0.15) is 0 Å². The molecule has 18 heteroatoms. The molecule has 52 heavy (non-hydrogen) atoms. The summed E-state index contributed by atoms with van der Waals surface area (Å²) in [6.45, 7) is 13.2. The lowest BCUT2D eigenvalue weighted by Gasteiger charge is -2.32. The van der Waals surface area contributed by atoms with Crippen LogP contribution in [0.15, 0.2) is 0 Å². The van der Waals surface area contributed by atoms with E-state index < -0.39 is 108 Å². The first-order chi connectivity index (χ1) is 24.1. The maximum atomic E-state index is 14.0. The lowest BCUT2D eigenvalue weighted by molar-refractivity contribution is -0.145. The van der Waals surface area contributed by atoms with Crippen molar-refractivity contribution < 1.29 is 53.7 Å². The van der Waals surface area contributed by atoms with Crippen molar-refractivity contribution in [2.75, 3.05) is 6.54 Å². The van der Waals surface area contributed by atoms with Crippen LogP contribution < -0.4 is 32.3 Å². The highest BCUT2D eigenvalue weighted by Crippen LogP contribution is 2.22. The van der Waals surface area contributed by atoms with Crippen molar-refractivity contribution in [3.05, 3.63) is 0 Å². The summed E-state index contributed by atoms with van der Waals surface area (Å²) < 4.78 is 0. The van der Waals surface area contributed by atoms with Crippen LogP contribution in [-0.2, 0) is 38.4 Å². The van der Waals surface area contributed by atoms with Gasteiger partial charge in [-0.25, -0.2) is 4.79 Å². The van der Waals surface area contributed by atoms with E-state index in [4.69, 9.17) is 5.73 Å². The lowest BCUT2D eigenvalue weighted by atomic mass is 9.96. The highest BCUT2D eigenvalue weighted by molar-refractivity contribution is 5.97. The Labute approximate surface area is 304 Å². The third-order valence-corrected chi connectivity index (χ3v) is 9.04. The maximum Gasteiger partial charge on any atom is 0.326 e. The molecule has 1 saturated heterocycles. The third kappa shape index (κ3) is 14.0. The van der Waals surface area contributed by atoms with E-state index in [9.17, 15) is 53.7 Å². The van der Waals surface area contributed by atoms with Crippen LogP contribution in [-0.4, -0.2) is 123 Å². The smallest absolute Gasteiger partial charge is 0.326 e. The highest BCUT2D eigenvalue weighted by atomic mass is 16.4. The van der Waals surface area contributed by atoms with Gasteiger partial charge in [-0.05, 0) is 57.3 Å². The number of carbonyl (C=O) groups is 8. The zero-order valence-electron chi connectivity index (χ0n) is 31.4. The minimum atomic E-state index is -1.43. The van der Waals surface area contributed by atoms with E-state index in [-0.39, 0.29) is 37.6 Å². The van der Waals surface area contributed by atoms with Crippen molar-refractivity contribution >= 4 is 47.4 Å². The van der Waals surface area contributed by atoms with Crippen LogP contribution in [0.1, 0.15) is 93.9 Å². The Morgan fingerprint density at radius 2 is 1.37 bits per heavy atom. The van der Waals surface area contributed by atoms with Crippen LogP contribution in [0.4, 0.5) is 0 Å². The maximum absolute atomic E-state index is 14.0. The van der Waals surface area contributed by atoms with Gasteiger partial charge in [-0.15, -0.1) is 0 Å². The summed E-state index contributed by atoms with van der Waals surface area (Å²) in [6, 6.07) is -8.43. The second-order valence-electron chi connectivity index (χ2n) is 14.3. The van der Waals surface area contributed by atoms with E-state index >= 15 is 0 Å². The summed E-state index contributed by atoms with van der Waals surface area (Å²) in [5, 5.41) is 41.0. The molecule has 0 aromatic rings. The first-order valence-electron chi connectivity index (χ1n) is 17.8. The molecule has 0 radical (unpaired) electrons. The highest BCUT2D eigenvalue weighted by Gasteiger charge is 2.41. The summed E-state index contributed by atoms with van der Waals surface area (Å²) in [5.74, 6) is -7.81. The molecule has 0 bridgehead atoms. The van der Waals surface area contributed by atoms with Gasteiger partial charge in [0.25, 0.3) is 0 Å². The Hall–Kier alpha value is -4.32. The van der Waals surface area contributed by atoms with Crippen molar-refractivity contribution in [3.63, 3.8) is 0 Å². The Morgan fingerprint density at radius 1 is 0.769 bits per heavy atom. The molecular weight excluding hydrogens is 682 g/mol. The zero-order chi connectivity index (χ0) is 40.0. The number of likely N-dealkylation sites (tertiary alicyclic amines) is 1. The molecule has 1 aliphatic heterocycles. The van der Waals surface area contributed by atoms with Gasteiger partial charge in [0.15, 0.2) is 0 Å². The summed E-state index contributed by atoms with van der Waals surface area (Å²) >= 11 is 0. The number of carbonyl (C=O) groups excluding carboxylic acids is 6.